The Bertz CT molecular complexity index is 795. The monoisotopic (exact) mass is 387 g/mol. The number of hydrogen-bond acceptors (Lipinski definition) is 4. The van der Waals surface area contributed by atoms with E-state index in [1.165, 1.54) is 11.8 Å². The third kappa shape index (κ3) is 5.96. The molecule has 0 saturated carbocycles. The molecule has 0 bridgehead atoms. The third-order valence-electron chi connectivity index (χ3n) is 4.27. The predicted molar refractivity (Wildman–Crippen MR) is 112 cm³/mol. The lowest BCUT2D eigenvalue weighted by molar-refractivity contribution is -0.116. The highest BCUT2D eigenvalue weighted by molar-refractivity contribution is 7.99. The van der Waals surface area contributed by atoms with Crippen molar-refractivity contribution in [1.82, 2.24) is 9.55 Å². The van der Waals surface area contributed by atoms with Crippen LogP contribution in [0.1, 0.15) is 55.4 Å². The Balaban J connectivity index is 2.00. The van der Waals surface area contributed by atoms with Gasteiger partial charge in [0.25, 0.3) is 0 Å². The molecule has 1 aromatic heterocycles. The second-order valence-corrected chi connectivity index (χ2v) is 8.10. The summed E-state index contributed by atoms with van der Waals surface area (Å²) in [6.45, 7) is 11.3. The Hall–Kier alpha value is -2.08. The van der Waals surface area contributed by atoms with E-state index in [1.54, 1.807) is 24.3 Å². The second kappa shape index (κ2) is 9.74. The molecule has 2 rings (SSSR count). The molecule has 5 nitrogen and oxygen atoms in total. The zero-order valence-electron chi connectivity index (χ0n) is 16.8. The molecule has 0 fully saturated rings. The Morgan fingerprint density at radius 3 is 2.44 bits per heavy atom. The molecule has 146 valence electrons. The van der Waals surface area contributed by atoms with Crippen molar-refractivity contribution in [2.45, 2.75) is 59.2 Å². The molecule has 1 heterocycles. The molecule has 0 aliphatic heterocycles. The second-order valence-electron chi connectivity index (χ2n) is 7.16. The fourth-order valence-electron chi connectivity index (χ4n) is 2.72. The average Bonchev–Trinajstić information content (AvgIpc) is 2.87. The largest absolute Gasteiger partial charge is 0.326 e. The molecule has 0 unspecified atom stereocenters. The fourth-order valence-corrected chi connectivity index (χ4v) is 3.71. The van der Waals surface area contributed by atoms with Gasteiger partial charge in [-0.05, 0) is 50.5 Å². The van der Waals surface area contributed by atoms with Crippen LogP contribution in [0.15, 0.2) is 29.4 Å². The Kier molecular flexibility index (Phi) is 7.66. The lowest BCUT2D eigenvalue weighted by Crippen LogP contribution is -2.11. The van der Waals surface area contributed by atoms with E-state index in [4.69, 9.17) is 0 Å². The first-order valence-electron chi connectivity index (χ1n) is 9.41. The van der Waals surface area contributed by atoms with Crippen LogP contribution in [0.2, 0.25) is 0 Å². The van der Waals surface area contributed by atoms with E-state index in [0.717, 1.165) is 35.2 Å². The molecule has 0 aliphatic rings. The van der Waals surface area contributed by atoms with E-state index in [2.05, 4.69) is 35.6 Å². The minimum absolute atomic E-state index is 0.00476. The maximum Gasteiger partial charge on any atom is 0.224 e. The van der Waals surface area contributed by atoms with Crippen molar-refractivity contribution in [3.63, 3.8) is 0 Å². The van der Waals surface area contributed by atoms with Gasteiger partial charge in [0.15, 0.2) is 10.9 Å². The van der Waals surface area contributed by atoms with Crippen LogP contribution in [0.3, 0.4) is 0 Å². The highest BCUT2D eigenvalue weighted by Crippen LogP contribution is 2.23. The normalized spacial score (nSPS) is 11.0. The average molecular weight is 388 g/mol. The molecule has 1 N–H and O–H groups in total. The fraction of sp³-hybridized carbons (Fsp3) is 0.476. The number of anilines is 1. The SMILES string of the molecule is CCCC(=O)Nc1ccc(C(=O)CSc2nc(C)c(C)n2CC(C)C)cc1. The van der Waals surface area contributed by atoms with E-state index < -0.39 is 0 Å². The van der Waals surface area contributed by atoms with Crippen molar-refractivity contribution in [2.24, 2.45) is 5.92 Å². The highest BCUT2D eigenvalue weighted by atomic mass is 32.2. The van der Waals surface area contributed by atoms with Crippen LogP contribution in [0.4, 0.5) is 5.69 Å². The first-order valence-corrected chi connectivity index (χ1v) is 10.4. The zero-order chi connectivity index (χ0) is 20.0. The van der Waals surface area contributed by atoms with E-state index >= 15 is 0 Å². The first kappa shape index (κ1) is 21.2. The number of carbonyl (C=O) groups excluding carboxylic acids is 2. The number of aromatic nitrogens is 2. The van der Waals surface area contributed by atoms with E-state index in [0.29, 0.717) is 23.7 Å². The third-order valence-corrected chi connectivity index (χ3v) is 5.25. The number of amides is 1. The lowest BCUT2D eigenvalue weighted by atomic mass is 10.1. The summed E-state index contributed by atoms with van der Waals surface area (Å²) >= 11 is 1.48. The number of carbonyl (C=O) groups is 2. The molecule has 1 aromatic carbocycles. The zero-order valence-corrected chi connectivity index (χ0v) is 17.7. The van der Waals surface area contributed by atoms with Gasteiger partial charge in [-0.2, -0.15) is 0 Å². The first-order chi connectivity index (χ1) is 12.8. The van der Waals surface area contributed by atoms with E-state index in [1.807, 2.05) is 13.8 Å². The van der Waals surface area contributed by atoms with Crippen molar-refractivity contribution in [1.29, 1.82) is 0 Å². The number of hydrogen-bond donors (Lipinski definition) is 1. The van der Waals surface area contributed by atoms with Gasteiger partial charge < -0.3 is 9.88 Å². The number of aryl methyl sites for hydroxylation is 1. The predicted octanol–water partition coefficient (Wildman–Crippen LogP) is 4.87. The van der Waals surface area contributed by atoms with Gasteiger partial charge in [-0.1, -0.05) is 32.5 Å². The van der Waals surface area contributed by atoms with Crippen molar-refractivity contribution in [3.8, 4) is 0 Å². The quantitative estimate of drug-likeness (QED) is 0.492. The summed E-state index contributed by atoms with van der Waals surface area (Å²) in [6, 6.07) is 7.09. The summed E-state index contributed by atoms with van der Waals surface area (Å²) in [4.78, 5) is 28.8. The van der Waals surface area contributed by atoms with Crippen LogP contribution in [-0.2, 0) is 11.3 Å². The summed E-state index contributed by atoms with van der Waals surface area (Å²) < 4.78 is 2.20. The number of Topliss-reactive ketones (excluding diaryl/α,β-unsaturated/α-hetero) is 1. The minimum atomic E-state index is -0.00476. The summed E-state index contributed by atoms with van der Waals surface area (Å²) in [5, 5.41) is 3.73. The number of nitrogens with zero attached hydrogens (tertiary/aromatic N) is 2. The Labute approximate surface area is 166 Å². The van der Waals surface area contributed by atoms with Crippen molar-refractivity contribution in [2.75, 3.05) is 11.1 Å². The van der Waals surface area contributed by atoms with Gasteiger partial charge in [-0.3, -0.25) is 9.59 Å². The maximum atomic E-state index is 12.5. The van der Waals surface area contributed by atoms with Gasteiger partial charge in [0.2, 0.25) is 5.91 Å². The molecule has 0 aliphatic carbocycles. The minimum Gasteiger partial charge on any atom is -0.326 e. The molecule has 0 radical (unpaired) electrons. The summed E-state index contributed by atoms with van der Waals surface area (Å²) in [6.07, 6.45) is 1.31. The van der Waals surface area contributed by atoms with Crippen LogP contribution in [0, 0.1) is 19.8 Å². The molecular weight excluding hydrogens is 358 g/mol. The number of nitrogens with one attached hydrogen (secondary N) is 1. The van der Waals surface area contributed by atoms with Gasteiger partial charge in [-0.15, -0.1) is 0 Å². The van der Waals surface area contributed by atoms with E-state index in [-0.39, 0.29) is 11.7 Å². The van der Waals surface area contributed by atoms with Gasteiger partial charge >= 0.3 is 0 Å². The number of ketones is 1. The van der Waals surface area contributed by atoms with Crippen LogP contribution >= 0.6 is 11.8 Å². The van der Waals surface area contributed by atoms with Gasteiger partial charge in [-0.25, -0.2) is 4.98 Å². The maximum absolute atomic E-state index is 12.5. The van der Waals surface area contributed by atoms with Crippen molar-refractivity contribution >= 4 is 29.1 Å². The van der Waals surface area contributed by atoms with Crippen LogP contribution < -0.4 is 5.32 Å². The smallest absolute Gasteiger partial charge is 0.224 e. The topological polar surface area (TPSA) is 64.0 Å². The molecular formula is C21H29N3O2S. The van der Waals surface area contributed by atoms with Crippen LogP contribution in [-0.4, -0.2) is 27.0 Å². The number of rotatable bonds is 9. The van der Waals surface area contributed by atoms with Crippen molar-refractivity contribution in [3.05, 3.63) is 41.2 Å². The number of imidazole rings is 1. The van der Waals surface area contributed by atoms with E-state index in [9.17, 15) is 9.59 Å². The molecule has 0 spiro atoms. The number of thioether (sulfide) groups is 1. The standard InChI is InChI=1S/C21H29N3O2S/c1-6-7-20(26)23-18-10-8-17(9-11-18)19(25)13-27-21-22-15(4)16(5)24(21)12-14(2)3/h8-11,14H,6-7,12-13H2,1-5H3,(H,23,26). The molecule has 2 aromatic rings. The highest BCUT2D eigenvalue weighted by Gasteiger charge is 2.15. The molecule has 0 saturated heterocycles. The summed E-state index contributed by atoms with van der Waals surface area (Å²) in [5.74, 6) is 0.911. The van der Waals surface area contributed by atoms with Crippen molar-refractivity contribution < 1.29 is 9.59 Å². The summed E-state index contributed by atoms with van der Waals surface area (Å²) in [7, 11) is 0. The van der Waals surface area contributed by atoms with Gasteiger partial charge in [0.1, 0.15) is 0 Å². The van der Waals surface area contributed by atoms with Gasteiger partial charge in [0.05, 0.1) is 11.4 Å². The van der Waals surface area contributed by atoms with Crippen LogP contribution in [0.25, 0.3) is 0 Å². The molecule has 6 heteroatoms. The molecule has 1 amide bonds. The molecule has 0 atom stereocenters. The van der Waals surface area contributed by atoms with Crippen LogP contribution in [0.5, 0.6) is 0 Å². The number of benzene rings is 1. The Morgan fingerprint density at radius 2 is 1.85 bits per heavy atom. The van der Waals surface area contributed by atoms with Gasteiger partial charge in [0, 0.05) is 29.9 Å². The Morgan fingerprint density at radius 1 is 1.19 bits per heavy atom. The summed E-state index contributed by atoms with van der Waals surface area (Å²) in [5.41, 5.74) is 3.53. The lowest BCUT2D eigenvalue weighted by Gasteiger charge is -2.12. The molecule has 27 heavy (non-hydrogen) atoms.